The summed E-state index contributed by atoms with van der Waals surface area (Å²) in [4.78, 5) is 12.6. The molecule has 2 aliphatic rings. The molecule has 0 aromatic rings. The monoisotopic (exact) mass is 269 g/mol. The van der Waals surface area contributed by atoms with Crippen molar-refractivity contribution in [2.75, 3.05) is 20.3 Å². The van der Waals surface area contributed by atoms with Crippen LogP contribution in [0.2, 0.25) is 0 Å². The summed E-state index contributed by atoms with van der Waals surface area (Å²) in [5.41, 5.74) is -0.504. The van der Waals surface area contributed by atoms with Crippen LogP contribution in [0.1, 0.15) is 51.9 Å². The first-order valence-electron chi connectivity index (χ1n) is 7.71. The van der Waals surface area contributed by atoms with Crippen molar-refractivity contribution in [3.63, 3.8) is 0 Å². The van der Waals surface area contributed by atoms with Crippen LogP contribution in [0.3, 0.4) is 0 Å². The molecule has 2 rings (SSSR count). The van der Waals surface area contributed by atoms with Gasteiger partial charge in [-0.3, -0.25) is 4.79 Å². The Hall–Kier alpha value is -0.610. The Bertz CT molecular complexity index is 276. The molecule has 2 aliphatic heterocycles. The summed E-state index contributed by atoms with van der Waals surface area (Å²) >= 11 is 0. The zero-order valence-corrected chi connectivity index (χ0v) is 12.2. The lowest BCUT2D eigenvalue weighted by atomic mass is 9.69. The Labute approximate surface area is 116 Å². The van der Waals surface area contributed by atoms with E-state index in [4.69, 9.17) is 9.47 Å². The van der Waals surface area contributed by atoms with E-state index in [1.54, 1.807) is 7.05 Å². The Balaban J connectivity index is 2.25. The third-order valence-corrected chi connectivity index (χ3v) is 4.74. The second kappa shape index (κ2) is 6.71. The molecule has 0 saturated carbocycles. The molecule has 2 atom stereocenters. The molecule has 0 aromatic carbocycles. The number of hydrogen-bond acceptors (Lipinski definition) is 3. The normalized spacial score (nSPS) is 31.5. The van der Waals surface area contributed by atoms with Gasteiger partial charge in [0.1, 0.15) is 5.41 Å². The van der Waals surface area contributed by atoms with Gasteiger partial charge in [0.15, 0.2) is 0 Å². The zero-order chi connectivity index (χ0) is 13.7. The van der Waals surface area contributed by atoms with E-state index in [2.05, 4.69) is 12.2 Å². The fourth-order valence-corrected chi connectivity index (χ4v) is 3.64. The predicted molar refractivity (Wildman–Crippen MR) is 74.0 cm³/mol. The smallest absolute Gasteiger partial charge is 0.231 e. The summed E-state index contributed by atoms with van der Waals surface area (Å²) in [6, 6.07) is 0. The lowest BCUT2D eigenvalue weighted by Crippen LogP contribution is -2.57. The van der Waals surface area contributed by atoms with Crippen LogP contribution in [-0.4, -0.2) is 38.4 Å². The SMILES string of the molecule is CCC(C(=O)NC)(C1CCCCO1)C1CCCCO1. The van der Waals surface area contributed by atoms with Crippen molar-refractivity contribution >= 4 is 5.91 Å². The van der Waals surface area contributed by atoms with Gasteiger partial charge < -0.3 is 14.8 Å². The average Bonchev–Trinajstić information content (AvgIpc) is 2.50. The molecular weight excluding hydrogens is 242 g/mol. The first-order chi connectivity index (χ1) is 9.25. The van der Waals surface area contributed by atoms with Gasteiger partial charge in [0, 0.05) is 20.3 Å². The molecule has 0 spiro atoms. The number of carbonyl (C=O) groups excluding carboxylic acids is 1. The van der Waals surface area contributed by atoms with Gasteiger partial charge in [0.25, 0.3) is 0 Å². The number of amides is 1. The fourth-order valence-electron chi connectivity index (χ4n) is 3.64. The standard InChI is InChI=1S/C15H27NO3/c1-3-15(14(17)16-2,12-8-4-6-10-18-12)13-9-5-7-11-19-13/h12-13H,3-11H2,1-2H3,(H,16,17). The van der Waals surface area contributed by atoms with Crippen LogP contribution < -0.4 is 5.32 Å². The lowest BCUT2D eigenvalue weighted by Gasteiger charge is -2.46. The Morgan fingerprint density at radius 2 is 1.63 bits per heavy atom. The molecular formula is C15H27NO3. The lowest BCUT2D eigenvalue weighted by molar-refractivity contribution is -0.175. The molecule has 2 saturated heterocycles. The molecule has 19 heavy (non-hydrogen) atoms. The van der Waals surface area contributed by atoms with E-state index in [-0.39, 0.29) is 18.1 Å². The molecule has 0 aromatic heterocycles. The van der Waals surface area contributed by atoms with Crippen LogP contribution in [0.25, 0.3) is 0 Å². The molecule has 0 aliphatic carbocycles. The third-order valence-electron chi connectivity index (χ3n) is 4.74. The van der Waals surface area contributed by atoms with Gasteiger partial charge in [-0.15, -0.1) is 0 Å². The number of hydrogen-bond donors (Lipinski definition) is 1. The highest BCUT2D eigenvalue weighted by atomic mass is 16.5. The minimum atomic E-state index is -0.504. The predicted octanol–water partition coefficient (Wildman–Crippen LogP) is 2.27. The third kappa shape index (κ3) is 2.79. The topological polar surface area (TPSA) is 47.6 Å². The van der Waals surface area contributed by atoms with Crippen molar-refractivity contribution in [1.29, 1.82) is 0 Å². The molecule has 1 amide bonds. The van der Waals surface area contributed by atoms with E-state index >= 15 is 0 Å². The van der Waals surface area contributed by atoms with Gasteiger partial charge in [0.2, 0.25) is 5.91 Å². The van der Waals surface area contributed by atoms with Gasteiger partial charge in [-0.05, 0) is 44.9 Å². The second-order valence-electron chi connectivity index (χ2n) is 5.68. The summed E-state index contributed by atoms with van der Waals surface area (Å²) in [6.45, 7) is 3.64. The maximum absolute atomic E-state index is 12.6. The van der Waals surface area contributed by atoms with Gasteiger partial charge in [-0.25, -0.2) is 0 Å². The van der Waals surface area contributed by atoms with Crippen LogP contribution in [0.5, 0.6) is 0 Å². The summed E-state index contributed by atoms with van der Waals surface area (Å²) in [5, 5.41) is 2.85. The maximum atomic E-state index is 12.6. The van der Waals surface area contributed by atoms with Crippen LogP contribution in [0.15, 0.2) is 0 Å². The second-order valence-corrected chi connectivity index (χ2v) is 5.68. The van der Waals surface area contributed by atoms with Crippen molar-refractivity contribution in [3.8, 4) is 0 Å². The summed E-state index contributed by atoms with van der Waals surface area (Å²) < 4.78 is 11.9. The minimum absolute atomic E-state index is 0.00861. The van der Waals surface area contributed by atoms with E-state index < -0.39 is 5.41 Å². The van der Waals surface area contributed by atoms with Crippen LogP contribution in [0.4, 0.5) is 0 Å². The van der Waals surface area contributed by atoms with Crippen molar-refractivity contribution in [2.24, 2.45) is 5.41 Å². The number of ether oxygens (including phenoxy) is 2. The summed E-state index contributed by atoms with van der Waals surface area (Å²) in [6.07, 6.45) is 7.25. The highest BCUT2D eigenvalue weighted by Gasteiger charge is 2.51. The van der Waals surface area contributed by atoms with Crippen LogP contribution in [-0.2, 0) is 14.3 Å². The molecule has 2 unspecified atom stereocenters. The largest absolute Gasteiger partial charge is 0.377 e. The molecule has 0 bridgehead atoms. The first-order valence-corrected chi connectivity index (χ1v) is 7.71. The quantitative estimate of drug-likeness (QED) is 0.851. The summed E-state index contributed by atoms with van der Waals surface area (Å²) in [7, 11) is 1.72. The molecule has 0 radical (unpaired) electrons. The highest BCUT2D eigenvalue weighted by Crippen LogP contribution is 2.42. The highest BCUT2D eigenvalue weighted by molar-refractivity contribution is 5.83. The van der Waals surface area contributed by atoms with Gasteiger partial charge in [-0.1, -0.05) is 6.92 Å². The Morgan fingerprint density at radius 1 is 1.11 bits per heavy atom. The fraction of sp³-hybridized carbons (Fsp3) is 0.933. The van der Waals surface area contributed by atoms with E-state index in [1.807, 2.05) is 0 Å². The van der Waals surface area contributed by atoms with Crippen molar-refractivity contribution in [1.82, 2.24) is 5.32 Å². The molecule has 2 heterocycles. The van der Waals surface area contributed by atoms with Crippen molar-refractivity contribution in [3.05, 3.63) is 0 Å². The van der Waals surface area contributed by atoms with Crippen LogP contribution in [0, 0.1) is 5.41 Å². The zero-order valence-electron chi connectivity index (χ0n) is 12.2. The van der Waals surface area contributed by atoms with Gasteiger partial charge in [-0.2, -0.15) is 0 Å². The van der Waals surface area contributed by atoms with Gasteiger partial charge in [0.05, 0.1) is 12.2 Å². The Morgan fingerprint density at radius 3 is 1.95 bits per heavy atom. The van der Waals surface area contributed by atoms with Crippen molar-refractivity contribution in [2.45, 2.75) is 64.1 Å². The molecule has 4 nitrogen and oxygen atoms in total. The van der Waals surface area contributed by atoms with E-state index in [0.717, 1.165) is 58.2 Å². The molecule has 4 heteroatoms. The molecule has 110 valence electrons. The molecule has 2 fully saturated rings. The summed E-state index contributed by atoms with van der Waals surface area (Å²) in [5.74, 6) is 0.0915. The van der Waals surface area contributed by atoms with E-state index in [1.165, 1.54) is 0 Å². The van der Waals surface area contributed by atoms with E-state index in [0.29, 0.717) is 0 Å². The van der Waals surface area contributed by atoms with Crippen molar-refractivity contribution < 1.29 is 14.3 Å². The van der Waals surface area contributed by atoms with Crippen LogP contribution >= 0.6 is 0 Å². The minimum Gasteiger partial charge on any atom is -0.377 e. The first kappa shape index (κ1) is 14.8. The number of rotatable bonds is 4. The number of carbonyl (C=O) groups is 1. The average molecular weight is 269 g/mol. The van der Waals surface area contributed by atoms with E-state index in [9.17, 15) is 4.79 Å². The number of nitrogens with one attached hydrogen (secondary N) is 1. The molecule has 1 N–H and O–H groups in total. The van der Waals surface area contributed by atoms with Gasteiger partial charge >= 0.3 is 0 Å². The maximum Gasteiger partial charge on any atom is 0.231 e. The Kier molecular flexibility index (Phi) is 5.22.